The van der Waals surface area contributed by atoms with Crippen molar-refractivity contribution in [3.8, 4) is 22.4 Å². The van der Waals surface area contributed by atoms with E-state index in [1.807, 2.05) is 0 Å². The lowest BCUT2D eigenvalue weighted by molar-refractivity contribution is -0.660. The quantitative estimate of drug-likeness (QED) is 0.383. The zero-order valence-electron chi connectivity index (χ0n) is 18.7. The van der Waals surface area contributed by atoms with E-state index in [2.05, 4.69) is 120 Å². The molecule has 0 N–H and O–H groups in total. The molecule has 0 aliphatic rings. The van der Waals surface area contributed by atoms with Crippen molar-refractivity contribution in [3.05, 3.63) is 71.9 Å². The first-order valence-electron chi connectivity index (χ1n) is 10.2. The maximum Gasteiger partial charge on any atom is 0.212 e. The van der Waals surface area contributed by atoms with Crippen LogP contribution in [-0.2, 0) is 12.5 Å². The number of aryl methyl sites for hydroxylation is 2. The fourth-order valence-electron chi connectivity index (χ4n) is 3.84. The highest BCUT2D eigenvalue weighted by molar-refractivity contribution is 6.89. The van der Waals surface area contributed by atoms with E-state index in [-0.39, 0.29) is 5.41 Å². The number of hydrogen-bond donors (Lipinski definition) is 0. The summed E-state index contributed by atoms with van der Waals surface area (Å²) in [5.74, 6) is 0. The van der Waals surface area contributed by atoms with Crippen molar-refractivity contribution in [1.29, 1.82) is 0 Å². The lowest BCUT2D eigenvalue weighted by Gasteiger charge is -2.28. The van der Waals surface area contributed by atoms with Gasteiger partial charge in [0.2, 0.25) is 5.69 Å². The summed E-state index contributed by atoms with van der Waals surface area (Å²) in [4.78, 5) is 0. The summed E-state index contributed by atoms with van der Waals surface area (Å²) in [6.45, 7) is 16.6. The third-order valence-electron chi connectivity index (χ3n) is 5.51. The van der Waals surface area contributed by atoms with Crippen LogP contribution in [0.3, 0.4) is 0 Å². The molecular weight excluding hydrogens is 354 g/mol. The Bertz CT molecular complexity index is 989. The molecule has 0 saturated heterocycles. The Hall–Kier alpha value is -2.19. The highest BCUT2D eigenvalue weighted by atomic mass is 28.3. The standard InChI is InChI=1S/C26H34NSi/c1-19-14-15-21(20-12-10-9-11-13-20)16-22(19)24-17-25(28(6,7)8)23(18-27(24)5)26(2,3)4/h9-18H,1-8H3/q+1. The molecule has 1 nitrogen and oxygen atoms in total. The molecule has 3 rings (SSSR count). The summed E-state index contributed by atoms with van der Waals surface area (Å²) in [7, 11) is 0.705. The lowest BCUT2D eigenvalue weighted by Crippen LogP contribution is -2.47. The van der Waals surface area contributed by atoms with Gasteiger partial charge < -0.3 is 0 Å². The first-order chi connectivity index (χ1) is 13.0. The molecule has 2 heteroatoms. The topological polar surface area (TPSA) is 3.88 Å². The van der Waals surface area contributed by atoms with Crippen molar-refractivity contribution in [2.75, 3.05) is 0 Å². The number of hydrogen-bond acceptors (Lipinski definition) is 0. The van der Waals surface area contributed by atoms with Crippen molar-refractivity contribution in [2.45, 2.75) is 52.8 Å². The molecule has 0 bridgehead atoms. The zero-order chi connectivity index (χ0) is 20.7. The van der Waals surface area contributed by atoms with Crippen molar-refractivity contribution in [3.63, 3.8) is 0 Å². The Morgan fingerprint density at radius 1 is 0.821 bits per heavy atom. The smallest absolute Gasteiger partial charge is 0.201 e. The summed E-state index contributed by atoms with van der Waals surface area (Å²) >= 11 is 0. The van der Waals surface area contributed by atoms with Crippen LogP contribution in [0.2, 0.25) is 19.6 Å². The molecule has 0 spiro atoms. The predicted octanol–water partition coefficient (Wildman–Crippen LogP) is 6.00. The second kappa shape index (κ2) is 7.33. The zero-order valence-corrected chi connectivity index (χ0v) is 19.7. The largest absolute Gasteiger partial charge is 0.212 e. The van der Waals surface area contributed by atoms with Crippen LogP contribution in [0.5, 0.6) is 0 Å². The fraction of sp³-hybridized carbons (Fsp3) is 0.346. The van der Waals surface area contributed by atoms with Crippen LogP contribution in [0.4, 0.5) is 0 Å². The molecular formula is C26H34NSi+. The van der Waals surface area contributed by atoms with Gasteiger partial charge in [-0.3, -0.25) is 0 Å². The van der Waals surface area contributed by atoms with E-state index in [1.165, 1.54) is 33.5 Å². The van der Waals surface area contributed by atoms with Gasteiger partial charge in [-0.15, -0.1) is 0 Å². The van der Waals surface area contributed by atoms with Crippen molar-refractivity contribution in [1.82, 2.24) is 0 Å². The van der Waals surface area contributed by atoms with E-state index in [0.29, 0.717) is 0 Å². The van der Waals surface area contributed by atoms with E-state index in [1.54, 1.807) is 5.19 Å². The highest BCUT2D eigenvalue weighted by Gasteiger charge is 2.31. The number of nitrogens with zero attached hydrogens (tertiary/aromatic N) is 1. The number of benzene rings is 2. The second-order valence-corrected chi connectivity index (χ2v) is 15.0. The fourth-order valence-corrected chi connectivity index (χ4v) is 5.66. The van der Waals surface area contributed by atoms with Crippen molar-refractivity contribution < 1.29 is 4.57 Å². The van der Waals surface area contributed by atoms with Crippen LogP contribution < -0.4 is 9.75 Å². The molecule has 1 heterocycles. The predicted molar refractivity (Wildman–Crippen MR) is 125 cm³/mol. The van der Waals surface area contributed by atoms with Gasteiger partial charge in [0, 0.05) is 17.2 Å². The number of pyridine rings is 1. The van der Waals surface area contributed by atoms with Gasteiger partial charge in [-0.25, -0.2) is 4.57 Å². The Kier molecular flexibility index (Phi) is 5.37. The maximum absolute atomic E-state index is 2.48. The Labute approximate surface area is 172 Å². The van der Waals surface area contributed by atoms with Crippen molar-refractivity contribution in [2.24, 2.45) is 7.05 Å². The van der Waals surface area contributed by atoms with Gasteiger partial charge in [0.15, 0.2) is 6.20 Å². The molecule has 0 radical (unpaired) electrons. The molecule has 2 aromatic carbocycles. The number of aromatic nitrogens is 1. The summed E-state index contributed by atoms with van der Waals surface area (Å²) in [5.41, 5.74) is 8.12. The van der Waals surface area contributed by atoms with Gasteiger partial charge in [-0.2, -0.15) is 0 Å². The van der Waals surface area contributed by atoms with Crippen LogP contribution in [0.1, 0.15) is 31.9 Å². The van der Waals surface area contributed by atoms with Gasteiger partial charge in [0.05, 0.1) is 8.07 Å². The molecule has 0 aliphatic carbocycles. The summed E-state index contributed by atoms with van der Waals surface area (Å²) in [5, 5.41) is 1.57. The Morgan fingerprint density at radius 2 is 1.46 bits per heavy atom. The molecule has 0 aliphatic heterocycles. The lowest BCUT2D eigenvalue weighted by atomic mass is 9.87. The van der Waals surface area contributed by atoms with E-state index >= 15 is 0 Å². The maximum atomic E-state index is 2.48. The number of rotatable bonds is 3. The SMILES string of the molecule is Cc1ccc(-c2ccccc2)cc1-c1cc([Si](C)(C)C)c(C(C)(C)C)c[n+]1C. The molecule has 3 aromatic rings. The molecule has 0 saturated carbocycles. The van der Waals surface area contributed by atoms with E-state index < -0.39 is 8.07 Å². The molecule has 146 valence electrons. The van der Waals surface area contributed by atoms with E-state index in [0.717, 1.165) is 0 Å². The minimum absolute atomic E-state index is 0.146. The van der Waals surface area contributed by atoms with Gasteiger partial charge >= 0.3 is 0 Å². The molecule has 28 heavy (non-hydrogen) atoms. The van der Waals surface area contributed by atoms with E-state index in [4.69, 9.17) is 0 Å². The highest BCUT2D eigenvalue weighted by Crippen LogP contribution is 2.29. The summed E-state index contributed by atoms with van der Waals surface area (Å²) < 4.78 is 2.32. The normalized spacial score (nSPS) is 12.3. The molecule has 0 fully saturated rings. The second-order valence-electron chi connectivity index (χ2n) is 9.99. The minimum Gasteiger partial charge on any atom is -0.201 e. The third kappa shape index (κ3) is 4.12. The van der Waals surface area contributed by atoms with Crippen LogP contribution in [0.15, 0.2) is 60.8 Å². The Morgan fingerprint density at radius 3 is 2.04 bits per heavy atom. The molecule has 1 aromatic heterocycles. The Balaban J connectivity index is 2.25. The first kappa shape index (κ1) is 20.5. The van der Waals surface area contributed by atoms with Gasteiger partial charge in [-0.05, 0) is 40.3 Å². The average molecular weight is 389 g/mol. The third-order valence-corrected chi connectivity index (χ3v) is 7.54. The first-order valence-corrected chi connectivity index (χ1v) is 13.7. The van der Waals surface area contributed by atoms with Crippen molar-refractivity contribution >= 4 is 13.3 Å². The van der Waals surface area contributed by atoms with Crippen LogP contribution in [0, 0.1) is 6.92 Å². The molecule has 0 unspecified atom stereocenters. The molecule has 0 amide bonds. The summed E-state index contributed by atoms with van der Waals surface area (Å²) in [6, 6.07) is 20.0. The van der Waals surface area contributed by atoms with Gasteiger partial charge in [0.25, 0.3) is 0 Å². The van der Waals surface area contributed by atoms with Gasteiger partial charge in [-0.1, -0.05) is 82.9 Å². The van der Waals surface area contributed by atoms with Crippen LogP contribution in [-0.4, -0.2) is 8.07 Å². The average Bonchev–Trinajstić information content (AvgIpc) is 2.61. The monoisotopic (exact) mass is 388 g/mol. The van der Waals surface area contributed by atoms with Crippen LogP contribution in [0.25, 0.3) is 22.4 Å². The van der Waals surface area contributed by atoms with Crippen LogP contribution >= 0.6 is 0 Å². The van der Waals surface area contributed by atoms with Gasteiger partial charge in [0.1, 0.15) is 7.05 Å². The summed E-state index contributed by atoms with van der Waals surface area (Å²) in [6.07, 6.45) is 2.37. The minimum atomic E-state index is -1.48. The van der Waals surface area contributed by atoms with E-state index in [9.17, 15) is 0 Å². The molecule has 0 atom stereocenters.